The fourth-order valence-electron chi connectivity index (χ4n) is 2.91. The van der Waals surface area contributed by atoms with Crippen molar-refractivity contribution < 1.29 is 0 Å². The number of hydrogen-bond donors (Lipinski definition) is 1. The van der Waals surface area contributed by atoms with Crippen LogP contribution in [0.5, 0.6) is 0 Å². The second kappa shape index (κ2) is 4.79. The van der Waals surface area contributed by atoms with Crippen molar-refractivity contribution in [3.8, 4) is 0 Å². The number of hydrogen-bond acceptors (Lipinski definition) is 2. The fourth-order valence-corrected chi connectivity index (χ4v) is 2.91. The molecule has 1 N–H and O–H groups in total. The van der Waals surface area contributed by atoms with Crippen molar-refractivity contribution in [3.63, 3.8) is 0 Å². The Hall–Kier alpha value is -0.860. The Labute approximate surface area is 104 Å². The van der Waals surface area contributed by atoms with Gasteiger partial charge < -0.3 is 5.32 Å². The normalized spacial score (nSPS) is 30.4. The van der Waals surface area contributed by atoms with Gasteiger partial charge in [-0.3, -0.25) is 4.90 Å². The molecule has 0 radical (unpaired) electrons. The highest BCUT2D eigenvalue weighted by Gasteiger charge is 2.37. The summed E-state index contributed by atoms with van der Waals surface area (Å²) in [4.78, 5) is 2.74. The first-order valence-corrected chi connectivity index (χ1v) is 6.92. The molecule has 2 fully saturated rings. The minimum Gasteiger partial charge on any atom is -0.311 e. The molecule has 1 aliphatic carbocycles. The Morgan fingerprint density at radius 2 is 2.00 bits per heavy atom. The van der Waals surface area contributed by atoms with Crippen LogP contribution < -0.4 is 5.32 Å². The zero-order chi connectivity index (χ0) is 11.7. The summed E-state index contributed by atoms with van der Waals surface area (Å²) in [6.07, 6.45) is 4.05. The molecule has 1 aromatic rings. The largest absolute Gasteiger partial charge is 0.311 e. The van der Waals surface area contributed by atoms with Crippen LogP contribution in [-0.4, -0.2) is 30.1 Å². The Kier molecular flexibility index (Phi) is 3.17. The summed E-state index contributed by atoms with van der Waals surface area (Å²) in [6.45, 7) is 4.62. The summed E-state index contributed by atoms with van der Waals surface area (Å²) in [5.41, 5.74) is 1.47. The van der Waals surface area contributed by atoms with Gasteiger partial charge in [-0.25, -0.2) is 0 Å². The van der Waals surface area contributed by atoms with Gasteiger partial charge in [0.1, 0.15) is 0 Å². The molecular weight excluding hydrogens is 208 g/mol. The Morgan fingerprint density at radius 3 is 2.65 bits per heavy atom. The monoisotopic (exact) mass is 230 g/mol. The Bertz CT molecular complexity index is 358. The van der Waals surface area contributed by atoms with Crippen LogP contribution >= 0.6 is 0 Å². The summed E-state index contributed by atoms with van der Waals surface area (Å²) in [6, 6.07) is 13.1. The summed E-state index contributed by atoms with van der Waals surface area (Å²) in [5, 5.41) is 3.69. The predicted octanol–water partition coefficient (Wildman–Crippen LogP) is 2.57. The summed E-state index contributed by atoms with van der Waals surface area (Å²) < 4.78 is 0. The third-order valence-corrected chi connectivity index (χ3v) is 4.12. The number of piperazine rings is 1. The highest BCUT2D eigenvalue weighted by molar-refractivity contribution is 5.21. The summed E-state index contributed by atoms with van der Waals surface area (Å²) in [7, 11) is 0. The zero-order valence-corrected chi connectivity index (χ0v) is 10.6. The van der Waals surface area contributed by atoms with Crippen molar-refractivity contribution in [2.45, 2.75) is 44.3 Å². The molecule has 0 bridgehead atoms. The topological polar surface area (TPSA) is 15.3 Å². The first-order valence-electron chi connectivity index (χ1n) is 6.92. The van der Waals surface area contributed by atoms with E-state index in [2.05, 4.69) is 47.5 Å². The molecule has 3 rings (SSSR count). The molecule has 1 saturated heterocycles. The van der Waals surface area contributed by atoms with Gasteiger partial charge in [-0.2, -0.15) is 0 Å². The second-order valence-corrected chi connectivity index (χ2v) is 5.37. The van der Waals surface area contributed by atoms with Crippen molar-refractivity contribution in [2.75, 3.05) is 13.1 Å². The van der Waals surface area contributed by atoms with Crippen LogP contribution in [0, 0.1) is 0 Å². The molecule has 92 valence electrons. The van der Waals surface area contributed by atoms with Gasteiger partial charge in [0, 0.05) is 31.2 Å². The molecule has 17 heavy (non-hydrogen) atoms. The lowest BCUT2D eigenvalue weighted by atomic mass is 10.00. The molecule has 0 amide bonds. The van der Waals surface area contributed by atoms with Crippen LogP contribution in [0.25, 0.3) is 0 Å². The van der Waals surface area contributed by atoms with Crippen molar-refractivity contribution in [1.82, 2.24) is 10.2 Å². The van der Waals surface area contributed by atoms with Gasteiger partial charge in [-0.15, -0.1) is 0 Å². The maximum atomic E-state index is 3.69. The van der Waals surface area contributed by atoms with E-state index in [1.165, 1.54) is 31.4 Å². The number of rotatable bonds is 3. The molecular formula is C15H22N2. The zero-order valence-electron chi connectivity index (χ0n) is 10.6. The lowest BCUT2D eigenvalue weighted by Crippen LogP contribution is -2.52. The van der Waals surface area contributed by atoms with Gasteiger partial charge in [0.15, 0.2) is 0 Å². The van der Waals surface area contributed by atoms with E-state index in [0.717, 1.165) is 12.6 Å². The van der Waals surface area contributed by atoms with Gasteiger partial charge in [-0.1, -0.05) is 37.3 Å². The Balaban J connectivity index is 1.78. The molecule has 2 aliphatic rings. The van der Waals surface area contributed by atoms with Crippen molar-refractivity contribution in [1.29, 1.82) is 0 Å². The Morgan fingerprint density at radius 1 is 1.24 bits per heavy atom. The second-order valence-electron chi connectivity index (χ2n) is 5.37. The van der Waals surface area contributed by atoms with Crippen LogP contribution in [0.3, 0.4) is 0 Å². The van der Waals surface area contributed by atoms with Gasteiger partial charge in [0.25, 0.3) is 0 Å². The van der Waals surface area contributed by atoms with Crippen molar-refractivity contribution >= 4 is 0 Å². The number of nitrogens with one attached hydrogen (secondary N) is 1. The van der Waals surface area contributed by atoms with Crippen LogP contribution in [-0.2, 0) is 0 Å². The molecule has 0 aromatic heterocycles. The fraction of sp³-hybridized carbons (Fsp3) is 0.600. The maximum Gasteiger partial charge on any atom is 0.0476 e. The lowest BCUT2D eigenvalue weighted by Gasteiger charge is -2.40. The van der Waals surface area contributed by atoms with Crippen molar-refractivity contribution in [3.05, 3.63) is 35.9 Å². The van der Waals surface area contributed by atoms with Crippen LogP contribution in [0.15, 0.2) is 30.3 Å². The van der Waals surface area contributed by atoms with Gasteiger partial charge in [0.05, 0.1) is 0 Å². The summed E-state index contributed by atoms with van der Waals surface area (Å²) >= 11 is 0. The molecule has 1 aliphatic heterocycles. The number of benzene rings is 1. The van der Waals surface area contributed by atoms with E-state index < -0.39 is 0 Å². The molecule has 1 aromatic carbocycles. The van der Waals surface area contributed by atoms with Gasteiger partial charge in [-0.05, 0) is 24.8 Å². The minimum atomic E-state index is 0.589. The van der Waals surface area contributed by atoms with E-state index >= 15 is 0 Å². The maximum absolute atomic E-state index is 3.69. The SMILES string of the molecule is CCC1CN(C2CC2)C(c2ccccc2)CN1. The molecule has 1 saturated carbocycles. The van der Waals surface area contributed by atoms with E-state index in [1.54, 1.807) is 0 Å². The molecule has 1 heterocycles. The average molecular weight is 230 g/mol. The summed E-state index contributed by atoms with van der Waals surface area (Å²) in [5.74, 6) is 0. The smallest absolute Gasteiger partial charge is 0.0476 e. The molecule has 2 atom stereocenters. The van der Waals surface area contributed by atoms with Crippen LogP contribution in [0.4, 0.5) is 0 Å². The average Bonchev–Trinajstić information content (AvgIpc) is 3.23. The first kappa shape index (κ1) is 11.2. The van der Waals surface area contributed by atoms with E-state index in [-0.39, 0.29) is 0 Å². The highest BCUT2D eigenvalue weighted by atomic mass is 15.3. The molecule has 2 nitrogen and oxygen atoms in total. The molecule has 2 heteroatoms. The first-order chi connectivity index (χ1) is 8.38. The van der Waals surface area contributed by atoms with E-state index in [1.807, 2.05) is 0 Å². The quantitative estimate of drug-likeness (QED) is 0.858. The highest BCUT2D eigenvalue weighted by Crippen LogP contribution is 2.36. The number of nitrogens with zero attached hydrogens (tertiary/aromatic N) is 1. The minimum absolute atomic E-state index is 0.589. The van der Waals surface area contributed by atoms with Crippen LogP contribution in [0.2, 0.25) is 0 Å². The van der Waals surface area contributed by atoms with Crippen LogP contribution in [0.1, 0.15) is 37.8 Å². The third kappa shape index (κ3) is 2.38. The van der Waals surface area contributed by atoms with Crippen molar-refractivity contribution in [2.24, 2.45) is 0 Å². The lowest BCUT2D eigenvalue weighted by molar-refractivity contribution is 0.120. The molecule has 0 spiro atoms. The van der Waals surface area contributed by atoms with Gasteiger partial charge >= 0.3 is 0 Å². The van der Waals surface area contributed by atoms with E-state index in [4.69, 9.17) is 0 Å². The standard InChI is InChI=1S/C15H22N2/c1-2-13-11-17(14-8-9-14)15(10-16-13)12-6-4-3-5-7-12/h3-7,13-16H,2,8-11H2,1H3. The van der Waals surface area contributed by atoms with Gasteiger partial charge in [0.2, 0.25) is 0 Å². The van der Waals surface area contributed by atoms with E-state index in [0.29, 0.717) is 12.1 Å². The third-order valence-electron chi connectivity index (χ3n) is 4.12. The van der Waals surface area contributed by atoms with E-state index in [9.17, 15) is 0 Å². The molecule has 2 unspecified atom stereocenters. The predicted molar refractivity (Wildman–Crippen MR) is 71.0 cm³/mol.